The summed E-state index contributed by atoms with van der Waals surface area (Å²) < 4.78 is 104. The third kappa shape index (κ3) is 7.87. The Balaban J connectivity index is 1.60. The van der Waals surface area contributed by atoms with E-state index in [-0.39, 0.29) is 35.2 Å². The molecule has 1 aliphatic heterocycles. The largest absolute Gasteiger partial charge is 0.573 e. The third-order valence-corrected chi connectivity index (χ3v) is 6.36. The van der Waals surface area contributed by atoms with Gasteiger partial charge in [-0.2, -0.15) is 17.6 Å². The highest BCUT2D eigenvalue weighted by Crippen LogP contribution is 2.47. The lowest BCUT2D eigenvalue weighted by Gasteiger charge is -2.31. The molecule has 1 unspecified atom stereocenters. The molecule has 0 aliphatic carbocycles. The van der Waals surface area contributed by atoms with Crippen LogP contribution < -0.4 is 19.5 Å². The molecule has 0 bridgehead atoms. The van der Waals surface area contributed by atoms with Crippen molar-refractivity contribution in [3.05, 3.63) is 89.0 Å². The summed E-state index contributed by atoms with van der Waals surface area (Å²) in [7, 11) is 0. The van der Waals surface area contributed by atoms with Crippen molar-refractivity contribution in [1.29, 1.82) is 0 Å². The van der Waals surface area contributed by atoms with Crippen LogP contribution in [-0.4, -0.2) is 53.7 Å². The summed E-state index contributed by atoms with van der Waals surface area (Å²) in [5, 5.41) is 11.1. The van der Waals surface area contributed by atoms with E-state index in [1.807, 2.05) is 0 Å². The van der Waals surface area contributed by atoms with Gasteiger partial charge in [0.1, 0.15) is 5.75 Å². The molecule has 0 aromatic heterocycles. The Morgan fingerprint density at radius 1 is 0.800 bits per heavy atom. The molecule has 1 amide bonds. The summed E-state index contributed by atoms with van der Waals surface area (Å²) in [6.07, 6.45) is -16.0. The highest BCUT2D eigenvalue weighted by Gasteiger charge is 2.66. The van der Waals surface area contributed by atoms with Crippen molar-refractivity contribution in [2.24, 2.45) is 0 Å². The number of ether oxygens (including phenoxy) is 3. The van der Waals surface area contributed by atoms with Gasteiger partial charge in [0.25, 0.3) is 5.91 Å². The minimum Gasteiger partial charge on any atom is -0.481 e. The zero-order valence-electron chi connectivity index (χ0n) is 22.5. The molecule has 16 heteroatoms. The van der Waals surface area contributed by atoms with E-state index in [4.69, 9.17) is 5.11 Å². The summed E-state index contributed by atoms with van der Waals surface area (Å²) in [4.78, 5) is 49.7. The Hall–Kier alpha value is -5.15. The van der Waals surface area contributed by atoms with Gasteiger partial charge >= 0.3 is 24.5 Å². The van der Waals surface area contributed by atoms with Crippen LogP contribution in [0.2, 0.25) is 0 Å². The predicted octanol–water partition coefficient (Wildman–Crippen LogP) is 5.99. The molecular formula is C29H20F7NO8. The Labute approximate surface area is 248 Å². The van der Waals surface area contributed by atoms with E-state index >= 15 is 0 Å². The first-order chi connectivity index (χ1) is 21.0. The summed E-state index contributed by atoms with van der Waals surface area (Å²) in [6, 6.07) is 11.5. The van der Waals surface area contributed by atoms with Crippen LogP contribution in [0.25, 0.3) is 0 Å². The molecular weight excluding hydrogens is 623 g/mol. The van der Waals surface area contributed by atoms with Crippen LogP contribution >= 0.6 is 0 Å². The van der Waals surface area contributed by atoms with Crippen LogP contribution in [0.15, 0.2) is 66.7 Å². The maximum atomic E-state index is 13.7. The number of hydrogen-bond acceptors (Lipinski definition) is 7. The van der Waals surface area contributed by atoms with Crippen LogP contribution in [0.5, 0.6) is 17.2 Å². The molecule has 0 fully saturated rings. The maximum Gasteiger partial charge on any atom is 0.573 e. The summed E-state index contributed by atoms with van der Waals surface area (Å²) in [6.45, 7) is -0.160. The van der Waals surface area contributed by atoms with Crippen LogP contribution in [-0.2, 0) is 4.79 Å². The van der Waals surface area contributed by atoms with E-state index in [0.29, 0.717) is 0 Å². The van der Waals surface area contributed by atoms with Gasteiger partial charge in [0, 0.05) is 29.7 Å². The average Bonchev–Trinajstić information content (AvgIpc) is 2.95. The summed E-state index contributed by atoms with van der Waals surface area (Å²) in [5.41, 5.74) is -0.241. The lowest BCUT2D eigenvalue weighted by Crippen LogP contribution is -2.52. The van der Waals surface area contributed by atoms with Gasteiger partial charge in [-0.25, -0.2) is 0 Å². The van der Waals surface area contributed by atoms with Crippen LogP contribution in [0.4, 0.5) is 30.7 Å². The molecule has 45 heavy (non-hydrogen) atoms. The Kier molecular flexibility index (Phi) is 9.07. The number of carboxylic acids is 1. The third-order valence-electron chi connectivity index (χ3n) is 6.36. The van der Waals surface area contributed by atoms with Gasteiger partial charge in [-0.1, -0.05) is 24.3 Å². The standard InChI is InChI=1S/C29H20F7NO8/c30-27(31)28(32,33)45-23-13-18(7-10-22(23)44-27)21(38)14-20(15-5-8-19(9-6-15)43-29(34,35)36)25(41)16-1-3-17(4-2-16)26(42)37-12-11-24(39)40/h1-10,13,20H,11-12,14H2,(H,37,42)(H,39,40). The number of aliphatic carboxylic acids is 1. The average molecular weight is 643 g/mol. The molecule has 0 saturated heterocycles. The quantitative estimate of drug-likeness (QED) is 0.193. The van der Waals surface area contributed by atoms with Crippen molar-refractivity contribution in [2.75, 3.05) is 6.54 Å². The zero-order chi connectivity index (χ0) is 33.2. The molecule has 1 aliphatic rings. The minimum absolute atomic E-state index is 0.0328. The molecule has 0 saturated carbocycles. The van der Waals surface area contributed by atoms with Gasteiger partial charge in [-0.3, -0.25) is 19.2 Å². The van der Waals surface area contributed by atoms with Crippen molar-refractivity contribution < 1.29 is 69.2 Å². The molecule has 0 radical (unpaired) electrons. The van der Waals surface area contributed by atoms with Gasteiger partial charge in [0.05, 0.1) is 12.3 Å². The molecule has 1 atom stereocenters. The molecule has 3 aromatic carbocycles. The molecule has 2 N–H and O–H groups in total. The number of benzene rings is 3. The van der Waals surface area contributed by atoms with E-state index in [0.717, 1.165) is 42.5 Å². The normalized spacial score (nSPS) is 15.4. The number of rotatable bonds is 11. The number of halogens is 7. The molecule has 1 heterocycles. The molecule has 238 valence electrons. The fraction of sp³-hybridized carbons (Fsp3) is 0.241. The number of nitrogens with one attached hydrogen (secondary N) is 1. The number of ketones is 2. The van der Waals surface area contributed by atoms with Crippen molar-refractivity contribution in [1.82, 2.24) is 5.32 Å². The maximum absolute atomic E-state index is 13.7. The van der Waals surface area contributed by atoms with Crippen LogP contribution in [0, 0.1) is 0 Å². The number of fused-ring (bicyclic) bond motifs is 1. The number of amides is 1. The molecule has 9 nitrogen and oxygen atoms in total. The SMILES string of the molecule is O=C(O)CCNC(=O)c1ccc(C(=O)C(CC(=O)c2ccc3c(c2)OC(F)(F)C(F)(F)O3)c2ccc(OC(F)(F)F)cc2)cc1. The molecule has 0 spiro atoms. The number of hydrogen-bond donors (Lipinski definition) is 2. The van der Waals surface area contributed by atoms with Gasteiger partial charge in [0.15, 0.2) is 23.1 Å². The first-order valence-electron chi connectivity index (χ1n) is 12.8. The molecule has 3 aromatic rings. The zero-order valence-corrected chi connectivity index (χ0v) is 22.5. The van der Waals surface area contributed by atoms with E-state index in [2.05, 4.69) is 19.5 Å². The van der Waals surface area contributed by atoms with E-state index < -0.39 is 71.6 Å². The van der Waals surface area contributed by atoms with Crippen LogP contribution in [0.1, 0.15) is 55.4 Å². The number of carbonyl (C=O) groups is 4. The Morgan fingerprint density at radius 2 is 1.36 bits per heavy atom. The lowest BCUT2D eigenvalue weighted by atomic mass is 9.85. The van der Waals surface area contributed by atoms with E-state index in [1.54, 1.807) is 0 Å². The first kappa shape index (κ1) is 32.8. The fourth-order valence-corrected chi connectivity index (χ4v) is 4.18. The minimum atomic E-state index is -5.06. The van der Waals surface area contributed by atoms with Gasteiger partial charge in [-0.15, -0.1) is 13.2 Å². The van der Waals surface area contributed by atoms with Crippen molar-refractivity contribution >= 4 is 23.4 Å². The smallest absolute Gasteiger partial charge is 0.481 e. The second-order valence-electron chi connectivity index (χ2n) is 9.54. The number of Topliss-reactive ketones (excluding diaryl/α,β-unsaturated/α-hetero) is 2. The Bertz CT molecular complexity index is 1610. The van der Waals surface area contributed by atoms with Crippen molar-refractivity contribution in [2.45, 2.75) is 37.3 Å². The monoisotopic (exact) mass is 643 g/mol. The first-order valence-corrected chi connectivity index (χ1v) is 12.8. The van der Waals surface area contributed by atoms with E-state index in [1.165, 1.54) is 24.3 Å². The lowest BCUT2D eigenvalue weighted by molar-refractivity contribution is -0.391. The summed E-state index contributed by atoms with van der Waals surface area (Å²) in [5.74, 6) is -6.99. The summed E-state index contributed by atoms with van der Waals surface area (Å²) >= 11 is 0. The molecule has 4 rings (SSSR count). The van der Waals surface area contributed by atoms with Gasteiger partial charge in [-0.05, 0) is 48.0 Å². The topological polar surface area (TPSA) is 128 Å². The van der Waals surface area contributed by atoms with Crippen molar-refractivity contribution in [3.63, 3.8) is 0 Å². The highest BCUT2D eigenvalue weighted by atomic mass is 19.4. The second kappa shape index (κ2) is 12.5. The number of carbonyl (C=O) groups excluding carboxylic acids is 3. The predicted molar refractivity (Wildman–Crippen MR) is 138 cm³/mol. The van der Waals surface area contributed by atoms with E-state index in [9.17, 15) is 49.9 Å². The van der Waals surface area contributed by atoms with Gasteiger partial charge < -0.3 is 24.6 Å². The second-order valence-corrected chi connectivity index (χ2v) is 9.54. The van der Waals surface area contributed by atoms with Crippen molar-refractivity contribution in [3.8, 4) is 17.2 Å². The Morgan fingerprint density at radius 3 is 1.93 bits per heavy atom. The number of alkyl halides is 7. The fourth-order valence-electron chi connectivity index (χ4n) is 4.18. The van der Waals surface area contributed by atoms with Crippen LogP contribution in [0.3, 0.4) is 0 Å². The highest BCUT2D eigenvalue weighted by molar-refractivity contribution is 6.07. The van der Waals surface area contributed by atoms with Gasteiger partial charge in [0.2, 0.25) is 0 Å². The number of carboxylic acid groups (broad SMARTS) is 1.